The van der Waals surface area contributed by atoms with E-state index in [1.54, 1.807) is 0 Å². The first kappa shape index (κ1) is 20.7. The molecule has 0 bridgehead atoms. The van der Waals surface area contributed by atoms with Crippen LogP contribution in [0.15, 0.2) is 36.4 Å². The van der Waals surface area contributed by atoms with Crippen LogP contribution < -0.4 is 14.8 Å². The van der Waals surface area contributed by atoms with Gasteiger partial charge in [0.25, 0.3) is 0 Å². The predicted molar refractivity (Wildman–Crippen MR) is 112 cm³/mol. The Labute approximate surface area is 181 Å². The molecular weight excluding hydrogens is 402 g/mol. The van der Waals surface area contributed by atoms with Crippen LogP contribution in [-0.2, 0) is 12.0 Å². The molecule has 1 aliphatic carbocycles. The highest BCUT2D eigenvalue weighted by Crippen LogP contribution is 2.47. The fraction of sp³-hybridized carbons (Fsp3) is 0.500. The van der Waals surface area contributed by atoms with Gasteiger partial charge in [-0.25, -0.2) is 8.78 Å². The van der Waals surface area contributed by atoms with Gasteiger partial charge >= 0.3 is 0 Å². The highest BCUT2D eigenvalue weighted by Gasteiger charge is 2.46. The van der Waals surface area contributed by atoms with Crippen LogP contribution in [0.4, 0.5) is 8.78 Å². The fourth-order valence-electron chi connectivity index (χ4n) is 5.38. The highest BCUT2D eigenvalue weighted by molar-refractivity contribution is 5.46. The molecule has 0 unspecified atom stereocenters. The van der Waals surface area contributed by atoms with Crippen molar-refractivity contribution in [3.63, 3.8) is 0 Å². The molecule has 2 fully saturated rings. The van der Waals surface area contributed by atoms with Crippen LogP contribution in [0.3, 0.4) is 0 Å². The van der Waals surface area contributed by atoms with Gasteiger partial charge in [0.1, 0.15) is 11.6 Å². The Kier molecular flexibility index (Phi) is 5.36. The third-order valence-corrected chi connectivity index (χ3v) is 7.23. The minimum absolute atomic E-state index is 0.197. The number of rotatable bonds is 4. The molecule has 2 aliphatic heterocycles. The van der Waals surface area contributed by atoms with Crippen molar-refractivity contribution in [1.82, 2.24) is 10.2 Å². The molecule has 2 N–H and O–H groups in total. The fourth-order valence-corrected chi connectivity index (χ4v) is 5.38. The summed E-state index contributed by atoms with van der Waals surface area (Å²) in [5.41, 5.74) is -0.0483. The van der Waals surface area contributed by atoms with Gasteiger partial charge in [-0.05, 0) is 73.6 Å². The summed E-state index contributed by atoms with van der Waals surface area (Å²) in [6.45, 7) is 3.67. The van der Waals surface area contributed by atoms with Gasteiger partial charge in [-0.2, -0.15) is 0 Å². The van der Waals surface area contributed by atoms with E-state index in [1.807, 2.05) is 18.2 Å². The van der Waals surface area contributed by atoms with Crippen molar-refractivity contribution < 1.29 is 23.4 Å². The molecule has 0 amide bonds. The van der Waals surface area contributed by atoms with Crippen LogP contribution in [-0.4, -0.2) is 48.5 Å². The van der Waals surface area contributed by atoms with Crippen LogP contribution in [0.2, 0.25) is 0 Å². The van der Waals surface area contributed by atoms with E-state index in [1.165, 1.54) is 12.1 Å². The monoisotopic (exact) mass is 430 g/mol. The Morgan fingerprint density at radius 2 is 1.68 bits per heavy atom. The number of halogens is 2. The molecule has 1 saturated carbocycles. The zero-order chi connectivity index (χ0) is 21.5. The molecule has 2 heterocycles. The molecule has 0 spiro atoms. The SMILES string of the molecule is OC1(c2ccc3c(c2)OCO3)CCC(Cc2cc(F)ccc2F)(N2CCNCC2)CC1. The number of hydrogen-bond acceptors (Lipinski definition) is 5. The average molecular weight is 430 g/mol. The quantitative estimate of drug-likeness (QED) is 0.779. The zero-order valence-corrected chi connectivity index (χ0v) is 17.5. The maximum absolute atomic E-state index is 14.5. The van der Waals surface area contributed by atoms with Gasteiger partial charge in [0.2, 0.25) is 6.79 Å². The predicted octanol–water partition coefficient (Wildman–Crippen LogP) is 3.34. The Hall–Kier alpha value is -2.22. The van der Waals surface area contributed by atoms with E-state index in [0.717, 1.165) is 37.8 Å². The lowest BCUT2D eigenvalue weighted by atomic mass is 9.68. The number of piperazine rings is 1. The van der Waals surface area contributed by atoms with Crippen LogP contribution in [0, 0.1) is 11.6 Å². The molecule has 3 aliphatic rings. The summed E-state index contributed by atoms with van der Waals surface area (Å²) in [5.74, 6) is 0.568. The summed E-state index contributed by atoms with van der Waals surface area (Å²) in [5, 5.41) is 14.9. The summed E-state index contributed by atoms with van der Waals surface area (Å²) in [7, 11) is 0. The van der Waals surface area contributed by atoms with Crippen LogP contribution in [0.5, 0.6) is 11.5 Å². The average Bonchev–Trinajstić information content (AvgIpc) is 3.27. The molecular formula is C24H28F2N2O3. The lowest BCUT2D eigenvalue weighted by molar-refractivity contribution is -0.0630. The van der Waals surface area contributed by atoms with Gasteiger partial charge in [-0.15, -0.1) is 0 Å². The molecule has 166 valence electrons. The Bertz CT molecular complexity index is 954. The Morgan fingerprint density at radius 3 is 2.45 bits per heavy atom. The van der Waals surface area contributed by atoms with Crippen molar-refractivity contribution in [3.8, 4) is 11.5 Å². The number of hydrogen-bond donors (Lipinski definition) is 2. The van der Waals surface area contributed by atoms with Gasteiger partial charge in [-0.1, -0.05) is 6.07 Å². The standard InChI is InChI=1S/C24H28F2N2O3/c25-19-2-3-20(26)17(13-19)15-23(28-11-9-27-10-12-28)5-7-24(29,8-6-23)18-1-4-21-22(14-18)31-16-30-21/h1-4,13-14,27,29H,5-12,15-16H2. The van der Waals surface area contributed by atoms with E-state index in [9.17, 15) is 13.9 Å². The third-order valence-electron chi connectivity index (χ3n) is 7.23. The van der Waals surface area contributed by atoms with E-state index in [4.69, 9.17) is 9.47 Å². The first-order valence-electron chi connectivity index (χ1n) is 11.0. The van der Waals surface area contributed by atoms with Crippen molar-refractivity contribution in [2.75, 3.05) is 33.0 Å². The van der Waals surface area contributed by atoms with Gasteiger partial charge in [0, 0.05) is 31.7 Å². The van der Waals surface area contributed by atoms with Crippen LogP contribution in [0.25, 0.3) is 0 Å². The number of fused-ring (bicyclic) bond motifs is 1. The number of benzene rings is 2. The molecule has 1 saturated heterocycles. The second kappa shape index (κ2) is 8.04. The molecule has 2 aromatic rings. The summed E-state index contributed by atoms with van der Waals surface area (Å²) in [4.78, 5) is 2.41. The van der Waals surface area contributed by atoms with Gasteiger partial charge < -0.3 is 19.9 Å². The van der Waals surface area contributed by atoms with Gasteiger partial charge in [0.05, 0.1) is 5.60 Å². The van der Waals surface area contributed by atoms with Gasteiger partial charge in [0.15, 0.2) is 11.5 Å². The van der Waals surface area contributed by atoms with E-state index in [2.05, 4.69) is 10.2 Å². The molecule has 0 aromatic heterocycles. The van der Waals surface area contributed by atoms with E-state index in [-0.39, 0.29) is 18.1 Å². The number of nitrogens with zero attached hydrogens (tertiary/aromatic N) is 1. The van der Waals surface area contributed by atoms with E-state index >= 15 is 0 Å². The minimum atomic E-state index is -0.973. The Balaban J connectivity index is 1.41. The zero-order valence-electron chi connectivity index (χ0n) is 17.5. The summed E-state index contributed by atoms with van der Waals surface area (Å²) in [6.07, 6.45) is 2.94. The van der Waals surface area contributed by atoms with E-state index < -0.39 is 11.4 Å². The third kappa shape index (κ3) is 3.90. The maximum Gasteiger partial charge on any atom is 0.231 e. The smallest absolute Gasteiger partial charge is 0.231 e. The number of nitrogens with one attached hydrogen (secondary N) is 1. The van der Waals surface area contributed by atoms with Crippen molar-refractivity contribution in [1.29, 1.82) is 0 Å². The van der Waals surface area contributed by atoms with Crippen molar-refractivity contribution >= 4 is 0 Å². The lowest BCUT2D eigenvalue weighted by Crippen LogP contribution is -2.59. The normalized spacial score (nSPS) is 28.6. The maximum atomic E-state index is 14.5. The molecule has 7 heteroatoms. The molecule has 0 radical (unpaired) electrons. The second-order valence-corrected chi connectivity index (χ2v) is 8.97. The second-order valence-electron chi connectivity index (χ2n) is 8.97. The lowest BCUT2D eigenvalue weighted by Gasteiger charge is -2.52. The molecule has 31 heavy (non-hydrogen) atoms. The minimum Gasteiger partial charge on any atom is -0.454 e. The van der Waals surface area contributed by atoms with Crippen molar-refractivity contribution in [2.24, 2.45) is 0 Å². The number of ether oxygens (including phenoxy) is 2. The van der Waals surface area contributed by atoms with Gasteiger partial charge in [-0.3, -0.25) is 4.90 Å². The van der Waals surface area contributed by atoms with Crippen molar-refractivity contribution in [3.05, 3.63) is 59.2 Å². The summed E-state index contributed by atoms with van der Waals surface area (Å²) in [6, 6.07) is 9.30. The summed E-state index contributed by atoms with van der Waals surface area (Å²) >= 11 is 0. The molecule has 5 nitrogen and oxygen atoms in total. The summed E-state index contributed by atoms with van der Waals surface area (Å²) < 4.78 is 39.3. The largest absolute Gasteiger partial charge is 0.454 e. The first-order valence-corrected chi connectivity index (χ1v) is 11.0. The Morgan fingerprint density at radius 1 is 0.935 bits per heavy atom. The molecule has 5 rings (SSSR count). The van der Waals surface area contributed by atoms with Crippen LogP contribution >= 0.6 is 0 Å². The topological polar surface area (TPSA) is 54.0 Å². The van der Waals surface area contributed by atoms with E-state index in [0.29, 0.717) is 49.2 Å². The molecule has 2 aromatic carbocycles. The van der Waals surface area contributed by atoms with Crippen molar-refractivity contribution in [2.45, 2.75) is 43.2 Å². The number of aliphatic hydroxyl groups is 1. The first-order chi connectivity index (χ1) is 15.0. The molecule has 0 atom stereocenters. The van der Waals surface area contributed by atoms with Crippen LogP contribution in [0.1, 0.15) is 36.8 Å². The highest BCUT2D eigenvalue weighted by atomic mass is 19.1.